The molecule has 14 heteroatoms. The molecule has 1 fully saturated rings. The number of H-pyrrole nitrogens is 1. The Labute approximate surface area is 220 Å². The zero-order valence-corrected chi connectivity index (χ0v) is 20.8. The molecule has 4 rings (SSSR count). The van der Waals surface area contributed by atoms with E-state index < -0.39 is 47.5 Å². The predicted octanol–water partition coefficient (Wildman–Crippen LogP) is 3.22. The summed E-state index contributed by atoms with van der Waals surface area (Å²) in [4.78, 5) is 34.1. The van der Waals surface area contributed by atoms with Crippen molar-refractivity contribution in [3.63, 3.8) is 0 Å². The van der Waals surface area contributed by atoms with Crippen LogP contribution in [-0.4, -0.2) is 75.3 Å². The van der Waals surface area contributed by atoms with Crippen LogP contribution in [-0.2, 0) is 4.79 Å². The predicted molar refractivity (Wildman–Crippen MR) is 135 cm³/mol. The van der Waals surface area contributed by atoms with E-state index in [1.54, 1.807) is 30.1 Å². The van der Waals surface area contributed by atoms with Crippen molar-refractivity contribution < 1.29 is 27.2 Å². The van der Waals surface area contributed by atoms with E-state index in [9.17, 15) is 27.2 Å². The third kappa shape index (κ3) is 6.96. The molecule has 0 aromatic carbocycles. The Morgan fingerprint density at radius 3 is 2.72 bits per heavy atom. The Bertz CT molecular complexity index is 1330. The van der Waals surface area contributed by atoms with Gasteiger partial charge in [-0.15, -0.1) is 0 Å². The molecule has 10 nitrogen and oxygen atoms in total. The number of halogens is 4. The molecule has 206 valence electrons. The number of nitrogens with one attached hydrogen (secondary N) is 4. The van der Waals surface area contributed by atoms with Gasteiger partial charge < -0.3 is 20.9 Å². The molecule has 4 N–H and O–H groups in total. The van der Waals surface area contributed by atoms with Crippen LogP contribution in [0.2, 0.25) is 0 Å². The summed E-state index contributed by atoms with van der Waals surface area (Å²) in [7, 11) is 1.64. The van der Waals surface area contributed by atoms with Crippen molar-refractivity contribution in [2.75, 3.05) is 30.8 Å². The molecule has 0 saturated carbocycles. The van der Waals surface area contributed by atoms with Gasteiger partial charge in [-0.3, -0.25) is 14.7 Å². The fraction of sp³-hybridized carbons (Fsp3) is 0.320. The molecule has 39 heavy (non-hydrogen) atoms. The summed E-state index contributed by atoms with van der Waals surface area (Å²) in [6.45, 7) is 3.80. The highest BCUT2D eigenvalue weighted by molar-refractivity contribution is 6.02. The van der Waals surface area contributed by atoms with Crippen LogP contribution >= 0.6 is 0 Å². The molecule has 0 bridgehead atoms. The average molecular weight is 547 g/mol. The Morgan fingerprint density at radius 2 is 2.05 bits per heavy atom. The molecular weight excluding hydrogens is 520 g/mol. The van der Waals surface area contributed by atoms with E-state index in [1.807, 2.05) is 0 Å². The number of hydrogen-bond donors (Lipinski definition) is 4. The van der Waals surface area contributed by atoms with Crippen LogP contribution in [0.4, 0.5) is 29.1 Å². The molecule has 1 aliphatic rings. The van der Waals surface area contributed by atoms with Gasteiger partial charge in [0.2, 0.25) is 5.91 Å². The summed E-state index contributed by atoms with van der Waals surface area (Å²) in [6.07, 6.45) is -1.23. The smallest absolute Gasteiger partial charge is 0.370 e. The average Bonchev–Trinajstić information content (AvgIpc) is 3.42. The normalized spacial score (nSPS) is 18.7. The molecule has 2 amide bonds. The lowest BCUT2D eigenvalue weighted by Crippen LogP contribution is -2.55. The maximum absolute atomic E-state index is 14.9. The van der Waals surface area contributed by atoms with E-state index in [1.165, 1.54) is 12.3 Å². The van der Waals surface area contributed by atoms with Crippen molar-refractivity contribution in [1.82, 2.24) is 30.4 Å². The number of aromatic nitrogens is 4. The number of amides is 2. The number of aromatic amines is 1. The minimum Gasteiger partial charge on any atom is -0.370 e. The highest BCUT2D eigenvalue weighted by Gasteiger charge is 2.47. The van der Waals surface area contributed by atoms with E-state index in [0.717, 1.165) is 18.3 Å². The second-order valence-corrected chi connectivity index (χ2v) is 9.17. The standard InChI is InChI=1S/C25H26F4N8O2/c1-3-22(38)32-15-9-14(12-37(2)13-15)23(25(27,28)29)34-20-11-30-21(10-16(20)26)35-24(39)19-6-4-5-17(33-19)18-7-8-31-36-18/h3-8,10-11,14-15,23,34H,1,9,12-13H2,2H3,(H,31,36)(H,32,38)(H,30,35,39). The van der Waals surface area contributed by atoms with Gasteiger partial charge in [0.25, 0.3) is 5.91 Å². The molecule has 3 aromatic heterocycles. The summed E-state index contributed by atoms with van der Waals surface area (Å²) in [5.74, 6) is -3.40. The minimum atomic E-state index is -4.72. The molecule has 0 spiro atoms. The summed E-state index contributed by atoms with van der Waals surface area (Å²) in [5, 5.41) is 13.8. The lowest BCUT2D eigenvalue weighted by Gasteiger charge is -2.40. The Hall–Kier alpha value is -4.33. The first kappa shape index (κ1) is 27.7. The van der Waals surface area contributed by atoms with E-state index in [0.29, 0.717) is 17.9 Å². The van der Waals surface area contributed by atoms with E-state index in [4.69, 9.17) is 0 Å². The first-order valence-electron chi connectivity index (χ1n) is 11.9. The van der Waals surface area contributed by atoms with E-state index in [2.05, 4.69) is 42.7 Å². The summed E-state index contributed by atoms with van der Waals surface area (Å²) >= 11 is 0. The second kappa shape index (κ2) is 11.6. The van der Waals surface area contributed by atoms with Crippen LogP contribution in [0.1, 0.15) is 16.9 Å². The van der Waals surface area contributed by atoms with Gasteiger partial charge in [-0.1, -0.05) is 12.6 Å². The van der Waals surface area contributed by atoms with Crippen molar-refractivity contribution in [2.45, 2.75) is 24.7 Å². The number of likely N-dealkylation sites (tertiary alicyclic amines) is 1. The van der Waals surface area contributed by atoms with Gasteiger partial charge >= 0.3 is 6.18 Å². The third-order valence-electron chi connectivity index (χ3n) is 6.19. The fourth-order valence-corrected chi connectivity index (χ4v) is 4.50. The minimum absolute atomic E-state index is 0.0168. The molecule has 3 atom stereocenters. The third-order valence-corrected chi connectivity index (χ3v) is 6.19. The lowest BCUT2D eigenvalue weighted by atomic mass is 9.87. The highest BCUT2D eigenvalue weighted by Crippen LogP contribution is 2.34. The fourth-order valence-electron chi connectivity index (χ4n) is 4.50. The second-order valence-electron chi connectivity index (χ2n) is 9.17. The van der Waals surface area contributed by atoms with Crippen molar-refractivity contribution >= 4 is 23.3 Å². The molecular formula is C25H26F4N8O2. The van der Waals surface area contributed by atoms with Crippen LogP contribution in [0.5, 0.6) is 0 Å². The summed E-state index contributed by atoms with van der Waals surface area (Å²) < 4.78 is 57.2. The molecule has 0 radical (unpaired) electrons. The Balaban J connectivity index is 1.47. The van der Waals surface area contributed by atoms with Crippen molar-refractivity contribution in [3.8, 4) is 11.4 Å². The van der Waals surface area contributed by atoms with Gasteiger partial charge in [-0.05, 0) is 37.7 Å². The van der Waals surface area contributed by atoms with Gasteiger partial charge in [0.05, 0.1) is 23.3 Å². The van der Waals surface area contributed by atoms with Crippen LogP contribution in [0.25, 0.3) is 11.4 Å². The SMILES string of the molecule is C=CC(=O)NC1CC(C(Nc2cnc(NC(=O)c3cccc(-c4ccn[nH]4)n3)cc2F)C(F)(F)F)CN(C)C1. The van der Waals surface area contributed by atoms with E-state index >= 15 is 0 Å². The van der Waals surface area contributed by atoms with Gasteiger partial charge in [0.15, 0.2) is 5.82 Å². The van der Waals surface area contributed by atoms with Crippen LogP contribution in [0.3, 0.4) is 0 Å². The molecule has 1 aliphatic heterocycles. The lowest BCUT2D eigenvalue weighted by molar-refractivity contribution is -0.157. The zero-order valence-electron chi connectivity index (χ0n) is 20.8. The molecule has 0 aliphatic carbocycles. The molecule has 3 unspecified atom stereocenters. The summed E-state index contributed by atoms with van der Waals surface area (Å²) in [6, 6.07) is 4.56. The van der Waals surface area contributed by atoms with Gasteiger partial charge in [0, 0.05) is 37.3 Å². The Kier molecular flexibility index (Phi) is 8.24. The number of pyridine rings is 2. The number of likely N-dealkylation sites (N-methyl/N-ethyl adjacent to an activating group) is 1. The number of piperidine rings is 1. The van der Waals surface area contributed by atoms with Gasteiger partial charge in [0.1, 0.15) is 17.6 Å². The zero-order chi connectivity index (χ0) is 28.2. The Morgan fingerprint density at radius 1 is 1.26 bits per heavy atom. The molecule has 4 heterocycles. The first-order chi connectivity index (χ1) is 18.5. The van der Waals surface area contributed by atoms with Gasteiger partial charge in [-0.2, -0.15) is 18.3 Å². The van der Waals surface area contributed by atoms with Crippen LogP contribution < -0.4 is 16.0 Å². The quantitative estimate of drug-likeness (QED) is 0.252. The number of hydrogen-bond acceptors (Lipinski definition) is 7. The number of nitrogens with zero attached hydrogens (tertiary/aromatic N) is 4. The number of anilines is 2. The monoisotopic (exact) mass is 546 g/mol. The van der Waals surface area contributed by atoms with Crippen molar-refractivity contribution in [2.24, 2.45) is 5.92 Å². The topological polar surface area (TPSA) is 128 Å². The van der Waals surface area contributed by atoms with Crippen LogP contribution in [0, 0.1) is 11.7 Å². The van der Waals surface area contributed by atoms with E-state index in [-0.39, 0.29) is 24.5 Å². The largest absolute Gasteiger partial charge is 0.408 e. The number of carbonyl (C=O) groups excluding carboxylic acids is 2. The van der Waals surface area contributed by atoms with Gasteiger partial charge in [-0.25, -0.2) is 14.4 Å². The number of alkyl halides is 3. The first-order valence-corrected chi connectivity index (χ1v) is 11.9. The summed E-state index contributed by atoms with van der Waals surface area (Å²) in [5.41, 5.74) is 0.580. The maximum Gasteiger partial charge on any atom is 0.408 e. The maximum atomic E-state index is 14.9. The number of rotatable bonds is 8. The van der Waals surface area contributed by atoms with Crippen LogP contribution in [0.15, 0.2) is 55.4 Å². The van der Waals surface area contributed by atoms with Crippen molar-refractivity contribution in [1.29, 1.82) is 0 Å². The number of carbonyl (C=O) groups is 2. The van der Waals surface area contributed by atoms with Crippen molar-refractivity contribution in [3.05, 3.63) is 66.9 Å². The highest BCUT2D eigenvalue weighted by atomic mass is 19.4. The molecule has 1 saturated heterocycles. The molecule has 3 aromatic rings.